The van der Waals surface area contributed by atoms with E-state index in [0.717, 1.165) is 18.4 Å². The van der Waals surface area contributed by atoms with Gasteiger partial charge in [0.2, 0.25) is 10.0 Å². The van der Waals surface area contributed by atoms with Gasteiger partial charge >= 0.3 is 0 Å². The lowest BCUT2D eigenvalue weighted by Crippen LogP contribution is -2.43. The smallest absolute Gasteiger partial charge is 0.229 e. The molecular weight excluding hydrogens is 495 g/mol. The van der Waals surface area contributed by atoms with Gasteiger partial charge in [0.1, 0.15) is 0 Å². The third-order valence-corrected chi connectivity index (χ3v) is 5.70. The number of anilines is 1. The highest BCUT2D eigenvalue weighted by Crippen LogP contribution is 2.26. The maximum atomic E-state index is 11.5. The molecule has 150 valence electrons. The van der Waals surface area contributed by atoms with Crippen LogP contribution in [0.25, 0.3) is 0 Å². The minimum Gasteiger partial charge on any atom is -0.356 e. The Balaban J connectivity index is 0.00000364. The Morgan fingerprint density at radius 1 is 1.15 bits per heavy atom. The zero-order valence-corrected chi connectivity index (χ0v) is 19.9. The van der Waals surface area contributed by atoms with E-state index in [4.69, 9.17) is 0 Å². The second kappa shape index (κ2) is 10.3. The lowest BCUT2D eigenvalue weighted by molar-refractivity contribution is 0.518. The molecule has 0 aliphatic carbocycles. The average molecular weight is 522 g/mol. The molecule has 0 saturated carbocycles. The van der Waals surface area contributed by atoms with Crippen LogP contribution in [0.2, 0.25) is 0 Å². The Hall–Kier alpha value is -1.33. The molecule has 1 aromatic heterocycles. The van der Waals surface area contributed by atoms with Crippen LogP contribution in [0.3, 0.4) is 0 Å². The van der Waals surface area contributed by atoms with E-state index in [9.17, 15) is 8.42 Å². The van der Waals surface area contributed by atoms with E-state index in [1.54, 1.807) is 30.5 Å². The molecule has 0 aliphatic heterocycles. The molecule has 6 nitrogen and oxygen atoms in total. The summed E-state index contributed by atoms with van der Waals surface area (Å²) in [7, 11) is -1.60. The molecule has 0 bridgehead atoms. The number of nitrogens with one attached hydrogen (secondary N) is 3. The van der Waals surface area contributed by atoms with Crippen LogP contribution in [-0.4, -0.2) is 34.2 Å². The lowest BCUT2D eigenvalue weighted by atomic mass is 9.91. The molecule has 1 heterocycles. The zero-order valence-electron chi connectivity index (χ0n) is 15.9. The van der Waals surface area contributed by atoms with Gasteiger partial charge in [-0.05, 0) is 23.1 Å². The number of guanidine groups is 1. The molecule has 0 amide bonds. The van der Waals surface area contributed by atoms with Crippen molar-refractivity contribution in [3.05, 3.63) is 52.2 Å². The van der Waals surface area contributed by atoms with E-state index in [1.165, 1.54) is 4.88 Å². The summed E-state index contributed by atoms with van der Waals surface area (Å²) < 4.78 is 25.6. The molecule has 0 spiro atoms. The Bertz CT molecular complexity index is 850. The second-order valence-corrected chi connectivity index (χ2v) is 9.37. The van der Waals surface area contributed by atoms with Crippen LogP contribution in [0.5, 0.6) is 0 Å². The monoisotopic (exact) mass is 522 g/mol. The van der Waals surface area contributed by atoms with E-state index in [1.807, 2.05) is 12.1 Å². The van der Waals surface area contributed by atoms with E-state index in [0.29, 0.717) is 18.2 Å². The normalized spacial score (nSPS) is 12.2. The number of aliphatic imine (C=N–C) groups is 1. The predicted molar refractivity (Wildman–Crippen MR) is 126 cm³/mol. The van der Waals surface area contributed by atoms with Crippen LogP contribution in [-0.2, 0) is 22.0 Å². The minimum absolute atomic E-state index is 0. The van der Waals surface area contributed by atoms with Gasteiger partial charge in [0.25, 0.3) is 0 Å². The predicted octanol–water partition coefficient (Wildman–Crippen LogP) is 3.38. The summed E-state index contributed by atoms with van der Waals surface area (Å²) in [6.45, 7) is 5.56. The van der Waals surface area contributed by atoms with Gasteiger partial charge in [-0.25, -0.2) is 8.42 Å². The summed E-state index contributed by atoms with van der Waals surface area (Å²) in [4.78, 5) is 5.56. The average Bonchev–Trinajstić information content (AvgIpc) is 3.10. The van der Waals surface area contributed by atoms with Crippen molar-refractivity contribution in [2.75, 3.05) is 24.6 Å². The zero-order chi connectivity index (χ0) is 19.2. The number of hydrogen-bond donors (Lipinski definition) is 3. The van der Waals surface area contributed by atoms with E-state index in [-0.39, 0.29) is 29.4 Å². The molecular formula is C18H27IN4O2S2. The number of sulfonamides is 1. The Morgan fingerprint density at radius 3 is 2.44 bits per heavy atom. The maximum Gasteiger partial charge on any atom is 0.229 e. The molecule has 0 radical (unpaired) electrons. The van der Waals surface area contributed by atoms with Crippen LogP contribution >= 0.6 is 35.3 Å². The fourth-order valence-electron chi connectivity index (χ4n) is 2.43. The molecule has 1 aromatic carbocycles. The number of hydrogen-bond acceptors (Lipinski definition) is 4. The van der Waals surface area contributed by atoms with Gasteiger partial charge in [-0.15, -0.1) is 35.3 Å². The third kappa shape index (κ3) is 7.67. The van der Waals surface area contributed by atoms with Crippen molar-refractivity contribution in [1.82, 2.24) is 10.6 Å². The molecule has 0 atom stereocenters. The first-order valence-electron chi connectivity index (χ1n) is 8.25. The Morgan fingerprint density at radius 2 is 1.85 bits per heavy atom. The number of halogens is 1. The van der Waals surface area contributed by atoms with Crippen molar-refractivity contribution in [1.29, 1.82) is 0 Å². The summed E-state index contributed by atoms with van der Waals surface area (Å²) in [5.41, 5.74) is 1.40. The van der Waals surface area contributed by atoms with Crippen LogP contribution in [0.1, 0.15) is 24.3 Å². The van der Waals surface area contributed by atoms with Gasteiger partial charge in [0.05, 0.1) is 11.9 Å². The van der Waals surface area contributed by atoms with E-state index in [2.05, 4.69) is 51.7 Å². The Kier molecular flexibility index (Phi) is 9.03. The largest absolute Gasteiger partial charge is 0.356 e. The highest BCUT2D eigenvalue weighted by Gasteiger charge is 2.22. The minimum atomic E-state index is -3.32. The number of rotatable bonds is 7. The summed E-state index contributed by atoms with van der Waals surface area (Å²) in [6.07, 6.45) is 1.14. The first kappa shape index (κ1) is 23.7. The number of nitrogens with zero attached hydrogens (tertiary/aromatic N) is 1. The van der Waals surface area contributed by atoms with Gasteiger partial charge in [0.15, 0.2) is 5.96 Å². The molecule has 0 unspecified atom stereocenters. The first-order chi connectivity index (χ1) is 12.2. The molecule has 0 fully saturated rings. The Labute approximate surface area is 182 Å². The summed E-state index contributed by atoms with van der Waals surface area (Å²) in [6, 6.07) is 11.5. The highest BCUT2D eigenvalue weighted by molar-refractivity contribution is 14.0. The van der Waals surface area contributed by atoms with Crippen molar-refractivity contribution in [2.45, 2.75) is 25.8 Å². The lowest BCUT2D eigenvalue weighted by Gasteiger charge is -2.25. The van der Waals surface area contributed by atoms with Crippen LogP contribution < -0.4 is 15.4 Å². The molecule has 9 heteroatoms. The van der Waals surface area contributed by atoms with Crippen molar-refractivity contribution >= 4 is 57.0 Å². The van der Waals surface area contributed by atoms with Crippen molar-refractivity contribution in [2.24, 2.45) is 4.99 Å². The van der Waals surface area contributed by atoms with Crippen molar-refractivity contribution in [3.8, 4) is 0 Å². The molecule has 27 heavy (non-hydrogen) atoms. The van der Waals surface area contributed by atoms with Gasteiger partial charge in [0, 0.05) is 30.4 Å². The van der Waals surface area contributed by atoms with Gasteiger partial charge in [-0.2, -0.15) is 0 Å². The van der Waals surface area contributed by atoms with E-state index >= 15 is 0 Å². The van der Waals surface area contributed by atoms with Gasteiger partial charge in [-0.1, -0.05) is 38.1 Å². The van der Waals surface area contributed by atoms with Gasteiger partial charge in [-0.3, -0.25) is 9.71 Å². The highest BCUT2D eigenvalue weighted by atomic mass is 127. The summed E-state index contributed by atoms with van der Waals surface area (Å²) in [5.74, 6) is 0.670. The molecule has 2 rings (SSSR count). The molecule has 3 N–H and O–H groups in total. The maximum absolute atomic E-state index is 11.5. The van der Waals surface area contributed by atoms with E-state index < -0.39 is 10.0 Å². The number of thiophene rings is 1. The van der Waals surface area contributed by atoms with Crippen LogP contribution in [0.4, 0.5) is 5.69 Å². The van der Waals surface area contributed by atoms with Gasteiger partial charge < -0.3 is 10.6 Å². The SMILES string of the molecule is CN=C(NCc1ccccc1NS(C)(=O)=O)NCC(C)(C)c1cccs1.I. The standard InChI is InChI=1S/C18H26N4O2S2.HI/c1-18(2,16-10-7-11-25-16)13-21-17(19-3)20-12-14-8-5-6-9-15(14)22-26(4,23)24;/h5-11,22H,12-13H2,1-4H3,(H2,19,20,21);1H. The fourth-order valence-corrected chi connectivity index (χ4v) is 3.88. The first-order valence-corrected chi connectivity index (χ1v) is 11.0. The topological polar surface area (TPSA) is 82.6 Å². The van der Waals surface area contributed by atoms with Crippen LogP contribution in [0.15, 0.2) is 46.8 Å². The molecule has 0 aliphatic rings. The van der Waals surface area contributed by atoms with Crippen molar-refractivity contribution in [3.63, 3.8) is 0 Å². The summed E-state index contributed by atoms with van der Waals surface area (Å²) in [5, 5.41) is 8.66. The van der Waals surface area contributed by atoms with Crippen LogP contribution in [0, 0.1) is 0 Å². The quantitative estimate of drug-likeness (QED) is 0.296. The third-order valence-electron chi connectivity index (χ3n) is 3.87. The molecule has 2 aromatic rings. The number of para-hydroxylation sites is 1. The van der Waals surface area contributed by atoms with Crippen molar-refractivity contribution < 1.29 is 8.42 Å². The number of benzene rings is 1. The summed E-state index contributed by atoms with van der Waals surface area (Å²) >= 11 is 1.74. The molecule has 0 saturated heterocycles. The fraction of sp³-hybridized carbons (Fsp3) is 0.389. The second-order valence-electron chi connectivity index (χ2n) is 6.67.